The van der Waals surface area contributed by atoms with Gasteiger partial charge in [-0.05, 0) is 65.7 Å². The Morgan fingerprint density at radius 3 is 0.978 bits per heavy atom. The molecule has 0 unspecified atom stereocenters. The lowest BCUT2D eigenvalue weighted by atomic mass is 9.88. The maximum Gasteiger partial charge on any atom is 0.248 e. The third kappa shape index (κ3) is 11.8. The van der Waals surface area contributed by atoms with Crippen LogP contribution in [0, 0.1) is 5.41 Å². The molecule has 9 nitrogen and oxygen atoms in total. The van der Waals surface area contributed by atoms with Crippen LogP contribution in [-0.4, -0.2) is 110 Å². The average molecular weight is 636 g/mol. The minimum absolute atomic E-state index is 0.0144. The van der Waals surface area contributed by atoms with Crippen molar-refractivity contribution in [1.29, 1.82) is 0 Å². The van der Waals surface area contributed by atoms with Crippen LogP contribution in [0.4, 0.5) is 0 Å². The predicted molar refractivity (Wildman–Crippen MR) is 178 cm³/mol. The van der Waals surface area contributed by atoms with E-state index in [0.717, 1.165) is 38.5 Å². The number of amides is 3. The van der Waals surface area contributed by atoms with Crippen molar-refractivity contribution >= 4 is 17.7 Å². The second kappa shape index (κ2) is 20.5. The second-order valence-electron chi connectivity index (χ2n) is 13.7. The van der Waals surface area contributed by atoms with Gasteiger partial charge in [0.15, 0.2) is 0 Å². The highest BCUT2D eigenvalue weighted by Crippen LogP contribution is 2.27. The van der Waals surface area contributed by atoms with E-state index in [0.29, 0.717) is 44.2 Å². The molecule has 45 heavy (non-hydrogen) atoms. The molecule has 3 aliphatic rings. The summed E-state index contributed by atoms with van der Waals surface area (Å²) in [5.74, 6) is 0.0798. The van der Waals surface area contributed by atoms with Gasteiger partial charge in [-0.15, -0.1) is 0 Å². The second-order valence-corrected chi connectivity index (χ2v) is 13.7. The zero-order valence-corrected chi connectivity index (χ0v) is 29.2. The Morgan fingerprint density at radius 2 is 0.756 bits per heavy atom. The molecule has 260 valence electrons. The van der Waals surface area contributed by atoms with E-state index in [1.165, 1.54) is 57.8 Å². The van der Waals surface area contributed by atoms with Gasteiger partial charge in [0.25, 0.3) is 0 Å². The molecule has 0 saturated heterocycles. The summed E-state index contributed by atoms with van der Waals surface area (Å²) in [5.41, 5.74) is -0.577. The van der Waals surface area contributed by atoms with Crippen LogP contribution in [0.1, 0.15) is 130 Å². The molecule has 0 aromatic carbocycles. The topological polar surface area (TPSA) is 88.6 Å². The van der Waals surface area contributed by atoms with Crippen molar-refractivity contribution in [2.75, 3.05) is 59.3 Å². The number of nitrogens with zero attached hydrogens (tertiary/aromatic N) is 3. The number of carbonyl (C=O) groups is 3. The van der Waals surface area contributed by atoms with Gasteiger partial charge in [0, 0.05) is 43.2 Å². The van der Waals surface area contributed by atoms with E-state index in [2.05, 4.69) is 6.92 Å². The van der Waals surface area contributed by atoms with Gasteiger partial charge < -0.3 is 28.9 Å². The van der Waals surface area contributed by atoms with Crippen molar-refractivity contribution in [3.8, 4) is 0 Å². The molecular weight excluding hydrogens is 570 g/mol. The highest BCUT2D eigenvalue weighted by atomic mass is 16.5. The molecule has 0 heterocycles. The average Bonchev–Trinajstić information content (AvgIpc) is 3.07. The monoisotopic (exact) mass is 635 g/mol. The zero-order chi connectivity index (χ0) is 32.5. The van der Waals surface area contributed by atoms with Crippen LogP contribution in [0.5, 0.6) is 0 Å². The molecule has 3 fully saturated rings. The molecule has 0 aromatic heterocycles. The van der Waals surface area contributed by atoms with Crippen LogP contribution in [0.25, 0.3) is 0 Å². The van der Waals surface area contributed by atoms with E-state index >= 15 is 0 Å². The molecule has 0 N–H and O–H groups in total. The smallest absolute Gasteiger partial charge is 0.248 e. The molecule has 0 atom stereocenters. The van der Waals surface area contributed by atoms with Crippen molar-refractivity contribution in [2.45, 2.75) is 149 Å². The first-order chi connectivity index (χ1) is 21.9. The lowest BCUT2D eigenvalue weighted by Gasteiger charge is -2.36. The Balaban J connectivity index is 1.59. The van der Waals surface area contributed by atoms with Crippen LogP contribution in [0.2, 0.25) is 0 Å². The largest absolute Gasteiger partial charge is 0.371 e. The Labute approximate surface area is 274 Å². The van der Waals surface area contributed by atoms with Gasteiger partial charge >= 0.3 is 0 Å². The number of hydrogen-bond acceptors (Lipinski definition) is 6. The van der Waals surface area contributed by atoms with Crippen LogP contribution in [0.15, 0.2) is 0 Å². The van der Waals surface area contributed by atoms with E-state index in [4.69, 9.17) is 14.2 Å². The van der Waals surface area contributed by atoms with Crippen LogP contribution in [-0.2, 0) is 28.6 Å². The molecule has 3 amide bonds. The summed E-state index contributed by atoms with van der Waals surface area (Å²) in [5, 5.41) is 0. The number of hydrogen-bond donors (Lipinski definition) is 0. The maximum atomic E-state index is 13.2. The quantitative estimate of drug-likeness (QED) is 0.174. The van der Waals surface area contributed by atoms with E-state index in [-0.39, 0.29) is 57.4 Å². The van der Waals surface area contributed by atoms with Gasteiger partial charge in [-0.3, -0.25) is 14.4 Å². The Hall–Kier alpha value is -1.71. The van der Waals surface area contributed by atoms with Gasteiger partial charge in [0.1, 0.15) is 19.8 Å². The summed E-state index contributed by atoms with van der Waals surface area (Å²) in [7, 11) is 0. The first-order valence-electron chi connectivity index (χ1n) is 18.5. The summed E-state index contributed by atoms with van der Waals surface area (Å²) < 4.78 is 18.4. The van der Waals surface area contributed by atoms with Crippen LogP contribution >= 0.6 is 0 Å². The lowest BCUT2D eigenvalue weighted by Crippen LogP contribution is -2.46. The lowest BCUT2D eigenvalue weighted by molar-refractivity contribution is -0.148. The number of ether oxygens (including phenoxy) is 3. The van der Waals surface area contributed by atoms with Crippen molar-refractivity contribution in [1.82, 2.24) is 14.7 Å². The molecule has 0 radical (unpaired) electrons. The molecule has 3 aliphatic carbocycles. The molecule has 0 aromatic rings. The number of likely N-dealkylation sites (N-methyl/N-ethyl adjacent to an activating group) is 3. The Bertz CT molecular complexity index is 759. The van der Waals surface area contributed by atoms with E-state index in [9.17, 15) is 14.4 Å². The normalized spacial score (nSPS) is 18.9. The van der Waals surface area contributed by atoms with E-state index in [1.54, 1.807) is 0 Å². The summed E-state index contributed by atoms with van der Waals surface area (Å²) in [6.45, 7) is 11.1. The Kier molecular flexibility index (Phi) is 17.2. The summed E-state index contributed by atoms with van der Waals surface area (Å²) in [4.78, 5) is 45.6. The number of carbonyl (C=O) groups excluding carboxylic acids is 3. The fourth-order valence-electron chi connectivity index (χ4n) is 7.84. The van der Waals surface area contributed by atoms with Crippen LogP contribution in [0.3, 0.4) is 0 Å². The highest BCUT2D eigenvalue weighted by Gasteiger charge is 2.33. The van der Waals surface area contributed by atoms with Crippen molar-refractivity contribution in [3.63, 3.8) is 0 Å². The van der Waals surface area contributed by atoms with Gasteiger partial charge in [0.2, 0.25) is 17.7 Å². The minimum Gasteiger partial charge on any atom is -0.371 e. The van der Waals surface area contributed by atoms with E-state index in [1.807, 2.05) is 35.5 Å². The van der Waals surface area contributed by atoms with E-state index < -0.39 is 5.41 Å². The fourth-order valence-corrected chi connectivity index (χ4v) is 7.84. The van der Waals surface area contributed by atoms with Gasteiger partial charge in [0.05, 0.1) is 19.8 Å². The summed E-state index contributed by atoms with van der Waals surface area (Å²) >= 11 is 0. The molecule has 9 heteroatoms. The highest BCUT2D eigenvalue weighted by molar-refractivity contribution is 5.78. The molecule has 0 bridgehead atoms. The molecule has 3 rings (SSSR count). The third-order valence-electron chi connectivity index (χ3n) is 10.7. The van der Waals surface area contributed by atoms with Gasteiger partial charge in [-0.1, -0.05) is 64.7 Å². The number of rotatable bonds is 19. The van der Waals surface area contributed by atoms with Gasteiger partial charge in [-0.25, -0.2) is 0 Å². The zero-order valence-electron chi connectivity index (χ0n) is 29.2. The Morgan fingerprint density at radius 1 is 0.489 bits per heavy atom. The van der Waals surface area contributed by atoms with Crippen molar-refractivity contribution in [2.24, 2.45) is 5.41 Å². The first-order valence-corrected chi connectivity index (χ1v) is 18.5. The fraction of sp³-hybridized carbons (Fsp3) is 0.917. The molecule has 0 spiro atoms. The van der Waals surface area contributed by atoms with Gasteiger partial charge in [-0.2, -0.15) is 0 Å². The third-order valence-corrected chi connectivity index (χ3v) is 10.7. The first kappa shape index (κ1) is 37.7. The van der Waals surface area contributed by atoms with Crippen molar-refractivity contribution in [3.05, 3.63) is 0 Å². The molecular formula is C36H65N3O6. The molecule has 0 aliphatic heterocycles. The predicted octanol–water partition coefficient (Wildman–Crippen LogP) is 5.98. The standard InChI is InChI=1S/C36H65N3O6/c1-5-36(27-43-24-33(40)37(6-2)30-18-12-9-13-19-30,28-44-25-34(41)38(7-3)31-20-14-10-15-21-31)29-45-26-35(42)39(8-4)32-22-16-11-17-23-32/h30-32H,5-29H2,1-4H3. The SMILES string of the molecule is CCN(C(=O)COCC(CC)(COCC(=O)N(CC)C1CCCCC1)COCC(=O)N(CC)C1CCCCC1)C1CCCCC1. The van der Waals surface area contributed by atoms with Crippen LogP contribution < -0.4 is 0 Å². The summed E-state index contributed by atoms with van der Waals surface area (Å²) in [6, 6.07) is 0.905. The minimum atomic E-state index is -0.577. The summed E-state index contributed by atoms with van der Waals surface area (Å²) in [6.07, 6.45) is 17.8. The van der Waals surface area contributed by atoms with Crippen molar-refractivity contribution < 1.29 is 28.6 Å². The maximum absolute atomic E-state index is 13.2. The molecule has 3 saturated carbocycles.